The minimum atomic E-state index is -0.358. The second-order valence-corrected chi connectivity index (χ2v) is 1.28. The summed E-state index contributed by atoms with van der Waals surface area (Å²) in [5.74, 6) is -0.601. The van der Waals surface area contributed by atoms with Crippen molar-refractivity contribution in [2.24, 2.45) is 0 Å². The Morgan fingerprint density at radius 2 is 2.25 bits per heavy atom. The molecule has 1 aromatic rings. The van der Waals surface area contributed by atoms with Gasteiger partial charge in [0.2, 0.25) is 0 Å². The van der Waals surface area contributed by atoms with Gasteiger partial charge >= 0.3 is 0 Å². The number of nitrogens with zero attached hydrogens (tertiary/aromatic N) is 1. The lowest BCUT2D eigenvalue weighted by Gasteiger charge is -1.89. The average Bonchev–Trinajstić information content (AvgIpc) is 1.77. The number of rotatable bonds is 0. The van der Waals surface area contributed by atoms with Crippen LogP contribution in [-0.4, -0.2) is 15.2 Å². The van der Waals surface area contributed by atoms with Gasteiger partial charge in [0.05, 0.1) is 0 Å². The molecule has 1 heterocycles. The molecule has 0 amide bonds. The number of hydrogen-bond donors (Lipinski definition) is 2. The molecule has 0 saturated heterocycles. The summed E-state index contributed by atoms with van der Waals surface area (Å²) >= 11 is 0. The monoisotopic (exact) mass is 110 g/mol. The van der Waals surface area contributed by atoms with Crippen molar-refractivity contribution in [2.75, 3.05) is 0 Å². The molecule has 0 aromatic carbocycles. The molecular formula is C5H4NO2. The van der Waals surface area contributed by atoms with E-state index < -0.39 is 0 Å². The number of pyridine rings is 1. The zero-order chi connectivity index (χ0) is 5.98. The summed E-state index contributed by atoms with van der Waals surface area (Å²) in [6, 6.07) is 3.72. The number of aromatic hydroxyl groups is 2. The van der Waals surface area contributed by atoms with Gasteiger partial charge in [-0.25, -0.2) is 4.98 Å². The van der Waals surface area contributed by atoms with Crippen LogP contribution < -0.4 is 0 Å². The van der Waals surface area contributed by atoms with Crippen LogP contribution in [0, 0.1) is 6.07 Å². The number of hydrogen-bond acceptors (Lipinski definition) is 3. The van der Waals surface area contributed by atoms with Gasteiger partial charge in [0.25, 0.3) is 5.88 Å². The summed E-state index contributed by atoms with van der Waals surface area (Å²) in [7, 11) is 0. The molecule has 3 nitrogen and oxygen atoms in total. The molecule has 0 unspecified atom stereocenters. The minimum Gasteiger partial charge on any atom is -0.503 e. The maximum atomic E-state index is 8.58. The molecule has 0 bridgehead atoms. The van der Waals surface area contributed by atoms with E-state index >= 15 is 0 Å². The van der Waals surface area contributed by atoms with E-state index in [4.69, 9.17) is 10.2 Å². The Balaban J connectivity index is 3.13. The first-order chi connectivity index (χ1) is 3.80. The van der Waals surface area contributed by atoms with Crippen LogP contribution in [0.15, 0.2) is 12.3 Å². The van der Waals surface area contributed by atoms with Gasteiger partial charge in [-0.05, 0) is 6.07 Å². The molecule has 0 spiro atoms. The van der Waals surface area contributed by atoms with E-state index in [1.165, 1.54) is 12.3 Å². The molecule has 1 radical (unpaired) electrons. The summed E-state index contributed by atoms with van der Waals surface area (Å²) in [6.45, 7) is 0. The summed E-state index contributed by atoms with van der Waals surface area (Å²) in [5, 5.41) is 17.1. The molecule has 0 saturated carbocycles. The normalized spacial score (nSPS) is 9.00. The highest BCUT2D eigenvalue weighted by Gasteiger charge is 1.92. The van der Waals surface area contributed by atoms with Crippen LogP contribution in [0.3, 0.4) is 0 Å². The van der Waals surface area contributed by atoms with Crippen LogP contribution in [0.1, 0.15) is 0 Å². The molecule has 0 aliphatic carbocycles. The fourth-order valence-electron chi connectivity index (χ4n) is 0.345. The first-order valence-electron chi connectivity index (χ1n) is 2.05. The first kappa shape index (κ1) is 4.90. The van der Waals surface area contributed by atoms with Crippen LogP contribution in [0.2, 0.25) is 0 Å². The number of aromatic nitrogens is 1. The van der Waals surface area contributed by atoms with Gasteiger partial charge in [0, 0.05) is 12.3 Å². The molecular weight excluding hydrogens is 106 g/mol. The van der Waals surface area contributed by atoms with Gasteiger partial charge in [-0.3, -0.25) is 0 Å². The SMILES string of the molecule is Oc1c[c]cnc1O. The van der Waals surface area contributed by atoms with Crippen molar-refractivity contribution in [3.63, 3.8) is 0 Å². The summed E-state index contributed by atoms with van der Waals surface area (Å²) < 4.78 is 0. The van der Waals surface area contributed by atoms with E-state index in [-0.39, 0.29) is 11.6 Å². The lowest BCUT2D eigenvalue weighted by Crippen LogP contribution is -1.71. The molecule has 41 valence electrons. The Morgan fingerprint density at radius 3 is 2.62 bits per heavy atom. The van der Waals surface area contributed by atoms with Crippen molar-refractivity contribution in [1.82, 2.24) is 4.98 Å². The molecule has 1 aromatic heterocycles. The van der Waals surface area contributed by atoms with Gasteiger partial charge < -0.3 is 10.2 Å². The van der Waals surface area contributed by atoms with Gasteiger partial charge in [0.1, 0.15) is 0 Å². The van der Waals surface area contributed by atoms with E-state index in [2.05, 4.69) is 11.1 Å². The Bertz CT molecular complexity index is 167. The second-order valence-electron chi connectivity index (χ2n) is 1.28. The molecule has 3 heteroatoms. The standard InChI is InChI=1S/C5H4NO2/c7-4-2-1-3-6-5(4)8/h2-3,7H,(H,6,8). The Hall–Kier alpha value is -1.25. The quantitative estimate of drug-likeness (QED) is 0.504. The Labute approximate surface area is 46.2 Å². The van der Waals surface area contributed by atoms with Gasteiger partial charge in [-0.15, -0.1) is 0 Å². The van der Waals surface area contributed by atoms with Crippen LogP contribution in [0.25, 0.3) is 0 Å². The van der Waals surface area contributed by atoms with Crippen molar-refractivity contribution in [3.8, 4) is 11.6 Å². The molecule has 0 fully saturated rings. The predicted molar refractivity (Wildman–Crippen MR) is 26.4 cm³/mol. The van der Waals surface area contributed by atoms with Crippen molar-refractivity contribution in [2.45, 2.75) is 0 Å². The highest BCUT2D eigenvalue weighted by molar-refractivity contribution is 5.28. The van der Waals surface area contributed by atoms with Crippen molar-refractivity contribution in [3.05, 3.63) is 18.3 Å². The zero-order valence-electron chi connectivity index (χ0n) is 4.00. The Morgan fingerprint density at radius 1 is 1.50 bits per heavy atom. The van der Waals surface area contributed by atoms with Crippen molar-refractivity contribution < 1.29 is 10.2 Å². The smallest absolute Gasteiger partial charge is 0.254 e. The third-order valence-electron chi connectivity index (χ3n) is 0.711. The lowest BCUT2D eigenvalue weighted by atomic mass is 10.4. The van der Waals surface area contributed by atoms with Crippen molar-refractivity contribution in [1.29, 1.82) is 0 Å². The average molecular weight is 110 g/mol. The van der Waals surface area contributed by atoms with Crippen LogP contribution in [0.5, 0.6) is 11.6 Å². The Kier molecular flexibility index (Phi) is 1.04. The largest absolute Gasteiger partial charge is 0.503 e. The van der Waals surface area contributed by atoms with Crippen LogP contribution in [-0.2, 0) is 0 Å². The van der Waals surface area contributed by atoms with E-state index in [0.717, 1.165) is 0 Å². The maximum absolute atomic E-state index is 8.58. The minimum absolute atomic E-state index is 0.243. The fraction of sp³-hybridized carbons (Fsp3) is 0. The van der Waals surface area contributed by atoms with Crippen molar-refractivity contribution >= 4 is 0 Å². The van der Waals surface area contributed by atoms with Gasteiger partial charge in [0.15, 0.2) is 5.75 Å². The summed E-state index contributed by atoms with van der Waals surface area (Å²) in [5.41, 5.74) is 0. The van der Waals surface area contributed by atoms with Crippen LogP contribution >= 0.6 is 0 Å². The molecule has 1 rings (SSSR count). The third-order valence-corrected chi connectivity index (χ3v) is 0.711. The summed E-state index contributed by atoms with van der Waals surface area (Å²) in [6.07, 6.45) is 1.27. The molecule has 2 N–H and O–H groups in total. The predicted octanol–water partition coefficient (Wildman–Crippen LogP) is 0.293. The van der Waals surface area contributed by atoms with Gasteiger partial charge in [-0.2, -0.15) is 0 Å². The maximum Gasteiger partial charge on any atom is 0.254 e. The highest BCUT2D eigenvalue weighted by Crippen LogP contribution is 2.17. The topological polar surface area (TPSA) is 53.4 Å². The second kappa shape index (κ2) is 1.69. The van der Waals surface area contributed by atoms with Crippen LogP contribution in [0.4, 0.5) is 0 Å². The van der Waals surface area contributed by atoms with E-state index in [9.17, 15) is 0 Å². The molecule has 8 heavy (non-hydrogen) atoms. The third kappa shape index (κ3) is 0.703. The zero-order valence-corrected chi connectivity index (χ0v) is 4.00. The van der Waals surface area contributed by atoms with Gasteiger partial charge in [-0.1, -0.05) is 0 Å². The lowest BCUT2D eigenvalue weighted by molar-refractivity contribution is 0.388. The van der Waals surface area contributed by atoms with E-state index in [1.807, 2.05) is 0 Å². The first-order valence-corrected chi connectivity index (χ1v) is 2.05. The van der Waals surface area contributed by atoms with E-state index in [1.54, 1.807) is 0 Å². The molecule has 0 aliphatic rings. The molecule has 0 atom stereocenters. The summed E-state index contributed by atoms with van der Waals surface area (Å²) in [4.78, 5) is 3.33. The fourth-order valence-corrected chi connectivity index (χ4v) is 0.345. The van der Waals surface area contributed by atoms with E-state index in [0.29, 0.717) is 0 Å². The highest BCUT2D eigenvalue weighted by atomic mass is 16.3. The molecule has 0 aliphatic heterocycles.